The SMILES string of the molecule is NC(Cc1ccc(Cl)cc1Cl)c1cc(F)ccc1Br. The van der Waals surface area contributed by atoms with Crippen molar-refractivity contribution in [1.29, 1.82) is 0 Å². The lowest BCUT2D eigenvalue weighted by atomic mass is 9.99. The molecule has 0 bridgehead atoms. The van der Waals surface area contributed by atoms with Gasteiger partial charge in [0, 0.05) is 20.6 Å². The van der Waals surface area contributed by atoms with Crippen LogP contribution < -0.4 is 5.73 Å². The quantitative estimate of drug-likeness (QED) is 0.803. The molecule has 2 N–H and O–H groups in total. The molecule has 0 aliphatic carbocycles. The van der Waals surface area contributed by atoms with Gasteiger partial charge < -0.3 is 5.73 Å². The first-order valence-corrected chi connectivity index (χ1v) is 7.16. The first-order chi connectivity index (χ1) is 8.97. The maximum atomic E-state index is 13.3. The Bertz CT molecular complexity index is 604. The Labute approximate surface area is 129 Å². The molecule has 0 aromatic heterocycles. The summed E-state index contributed by atoms with van der Waals surface area (Å²) >= 11 is 15.3. The van der Waals surface area contributed by atoms with Crippen molar-refractivity contribution >= 4 is 39.1 Å². The zero-order valence-corrected chi connectivity index (χ0v) is 12.9. The molecule has 0 saturated heterocycles. The van der Waals surface area contributed by atoms with Gasteiger partial charge in [-0.3, -0.25) is 0 Å². The van der Waals surface area contributed by atoms with Gasteiger partial charge in [-0.15, -0.1) is 0 Å². The lowest BCUT2D eigenvalue weighted by Crippen LogP contribution is -2.14. The molecule has 5 heteroatoms. The standard InChI is InChI=1S/C14H11BrCl2FN/c15-12-4-3-10(18)7-11(12)14(19)5-8-1-2-9(16)6-13(8)17/h1-4,6-7,14H,5,19H2. The fourth-order valence-corrected chi connectivity index (χ4v) is 2.86. The first-order valence-electron chi connectivity index (χ1n) is 5.62. The Balaban J connectivity index is 2.25. The molecule has 2 aromatic rings. The van der Waals surface area contributed by atoms with Crippen LogP contribution in [0.1, 0.15) is 17.2 Å². The van der Waals surface area contributed by atoms with E-state index in [0.717, 1.165) is 10.0 Å². The molecule has 0 heterocycles. The maximum absolute atomic E-state index is 13.3. The molecule has 2 rings (SSSR count). The van der Waals surface area contributed by atoms with Gasteiger partial charge in [-0.25, -0.2) is 4.39 Å². The zero-order valence-electron chi connectivity index (χ0n) is 9.84. The molecular weight excluding hydrogens is 352 g/mol. The number of nitrogens with two attached hydrogens (primary N) is 1. The Morgan fingerprint density at radius 1 is 1.16 bits per heavy atom. The average molecular weight is 363 g/mol. The van der Waals surface area contributed by atoms with E-state index in [9.17, 15) is 4.39 Å². The Hall–Kier alpha value is -0.610. The molecule has 0 spiro atoms. The van der Waals surface area contributed by atoms with Gasteiger partial charge in [0.15, 0.2) is 0 Å². The van der Waals surface area contributed by atoms with Crippen LogP contribution in [0.15, 0.2) is 40.9 Å². The molecule has 2 aromatic carbocycles. The maximum Gasteiger partial charge on any atom is 0.123 e. The van der Waals surface area contributed by atoms with E-state index in [2.05, 4.69) is 15.9 Å². The number of hydrogen-bond donors (Lipinski definition) is 1. The summed E-state index contributed by atoms with van der Waals surface area (Å²) in [6.07, 6.45) is 0.512. The highest BCUT2D eigenvalue weighted by atomic mass is 79.9. The highest BCUT2D eigenvalue weighted by molar-refractivity contribution is 9.10. The van der Waals surface area contributed by atoms with Crippen LogP contribution in [0, 0.1) is 5.82 Å². The van der Waals surface area contributed by atoms with Gasteiger partial charge in [0.25, 0.3) is 0 Å². The van der Waals surface area contributed by atoms with Gasteiger partial charge in [-0.05, 0) is 47.9 Å². The predicted octanol–water partition coefficient (Wildman–Crippen LogP) is 5.14. The predicted molar refractivity (Wildman–Crippen MR) is 81.2 cm³/mol. The summed E-state index contributed by atoms with van der Waals surface area (Å²) in [7, 11) is 0. The van der Waals surface area contributed by atoms with Gasteiger partial charge in [0.2, 0.25) is 0 Å². The number of rotatable bonds is 3. The molecule has 100 valence electrons. The van der Waals surface area contributed by atoms with Gasteiger partial charge in [-0.1, -0.05) is 45.2 Å². The van der Waals surface area contributed by atoms with Crippen molar-refractivity contribution in [3.05, 3.63) is 67.9 Å². The third-order valence-corrected chi connectivity index (χ3v) is 4.12. The molecule has 1 nitrogen and oxygen atoms in total. The normalized spacial score (nSPS) is 12.5. The molecule has 0 saturated carbocycles. The van der Waals surface area contributed by atoms with E-state index in [4.69, 9.17) is 28.9 Å². The summed E-state index contributed by atoms with van der Waals surface area (Å²) < 4.78 is 14.0. The van der Waals surface area contributed by atoms with Gasteiger partial charge in [0.05, 0.1) is 0 Å². The van der Waals surface area contributed by atoms with Crippen LogP contribution >= 0.6 is 39.1 Å². The van der Waals surface area contributed by atoms with E-state index in [1.54, 1.807) is 18.2 Å². The van der Waals surface area contributed by atoms with Crippen LogP contribution in [-0.4, -0.2) is 0 Å². The summed E-state index contributed by atoms with van der Waals surface area (Å²) in [4.78, 5) is 0. The molecule has 1 atom stereocenters. The molecule has 0 aliphatic rings. The van der Waals surface area contributed by atoms with Crippen LogP contribution in [0.5, 0.6) is 0 Å². The van der Waals surface area contributed by atoms with E-state index in [1.807, 2.05) is 6.07 Å². The number of halogens is 4. The molecule has 0 amide bonds. The van der Waals surface area contributed by atoms with Gasteiger partial charge in [-0.2, -0.15) is 0 Å². The van der Waals surface area contributed by atoms with Crippen molar-refractivity contribution in [3.8, 4) is 0 Å². The number of hydrogen-bond acceptors (Lipinski definition) is 1. The third-order valence-electron chi connectivity index (χ3n) is 2.81. The van der Waals surface area contributed by atoms with Crippen LogP contribution in [0.2, 0.25) is 10.0 Å². The third kappa shape index (κ3) is 3.69. The topological polar surface area (TPSA) is 26.0 Å². The minimum absolute atomic E-state index is 0.309. The lowest BCUT2D eigenvalue weighted by molar-refractivity contribution is 0.617. The zero-order chi connectivity index (χ0) is 14.0. The summed E-state index contributed by atoms with van der Waals surface area (Å²) in [5, 5.41) is 1.14. The summed E-state index contributed by atoms with van der Waals surface area (Å²) in [6.45, 7) is 0. The van der Waals surface area contributed by atoms with E-state index >= 15 is 0 Å². The van der Waals surface area contributed by atoms with Crippen LogP contribution in [0.3, 0.4) is 0 Å². The second-order valence-electron chi connectivity index (χ2n) is 4.21. The van der Waals surface area contributed by atoms with Crippen molar-refractivity contribution < 1.29 is 4.39 Å². The smallest absolute Gasteiger partial charge is 0.123 e. The Morgan fingerprint density at radius 3 is 2.58 bits per heavy atom. The second-order valence-corrected chi connectivity index (χ2v) is 5.91. The van der Waals surface area contributed by atoms with Gasteiger partial charge in [0.1, 0.15) is 5.82 Å². The first kappa shape index (κ1) is 14.8. The van der Waals surface area contributed by atoms with Crippen molar-refractivity contribution in [2.75, 3.05) is 0 Å². The van der Waals surface area contributed by atoms with Crippen molar-refractivity contribution in [2.24, 2.45) is 5.73 Å². The molecule has 0 radical (unpaired) electrons. The average Bonchev–Trinajstić information content (AvgIpc) is 2.35. The van der Waals surface area contributed by atoms with Crippen LogP contribution in [-0.2, 0) is 6.42 Å². The Morgan fingerprint density at radius 2 is 1.89 bits per heavy atom. The molecule has 1 unspecified atom stereocenters. The largest absolute Gasteiger partial charge is 0.324 e. The van der Waals surface area contributed by atoms with Crippen molar-refractivity contribution in [1.82, 2.24) is 0 Å². The fraction of sp³-hybridized carbons (Fsp3) is 0.143. The summed E-state index contributed by atoms with van der Waals surface area (Å²) in [5.41, 5.74) is 7.71. The minimum Gasteiger partial charge on any atom is -0.324 e. The molecular formula is C14H11BrCl2FN. The van der Waals surface area contributed by atoms with E-state index < -0.39 is 0 Å². The molecule has 19 heavy (non-hydrogen) atoms. The van der Waals surface area contributed by atoms with Crippen LogP contribution in [0.25, 0.3) is 0 Å². The molecule has 0 aliphatic heterocycles. The van der Waals surface area contributed by atoms with Crippen LogP contribution in [0.4, 0.5) is 4.39 Å². The number of benzene rings is 2. The van der Waals surface area contributed by atoms with E-state index in [1.165, 1.54) is 12.1 Å². The lowest BCUT2D eigenvalue weighted by Gasteiger charge is -2.15. The van der Waals surface area contributed by atoms with Gasteiger partial charge >= 0.3 is 0 Å². The fourth-order valence-electron chi connectivity index (χ4n) is 1.83. The van der Waals surface area contributed by atoms with Crippen molar-refractivity contribution in [2.45, 2.75) is 12.5 Å². The monoisotopic (exact) mass is 361 g/mol. The highest BCUT2D eigenvalue weighted by Gasteiger charge is 2.13. The Kier molecular flexibility index (Phi) is 4.85. The van der Waals surface area contributed by atoms with E-state index in [0.29, 0.717) is 22.0 Å². The van der Waals surface area contributed by atoms with E-state index in [-0.39, 0.29) is 11.9 Å². The minimum atomic E-state index is -0.344. The summed E-state index contributed by atoms with van der Waals surface area (Å²) in [6, 6.07) is 9.38. The highest BCUT2D eigenvalue weighted by Crippen LogP contribution is 2.28. The molecule has 0 fully saturated rings. The van der Waals surface area contributed by atoms with Crippen molar-refractivity contribution in [3.63, 3.8) is 0 Å². The summed E-state index contributed by atoms with van der Waals surface area (Å²) in [5.74, 6) is -0.309. The second kappa shape index (κ2) is 6.23.